The fourth-order valence-corrected chi connectivity index (χ4v) is 3.12. The number of fused-ring (bicyclic) bond motifs is 1. The maximum absolute atomic E-state index is 12.9. The van der Waals surface area contributed by atoms with E-state index in [-0.39, 0.29) is 5.56 Å². The highest BCUT2D eigenvalue weighted by Gasteiger charge is 2.23. The van der Waals surface area contributed by atoms with Gasteiger partial charge in [-0.25, -0.2) is 4.68 Å². The molecule has 0 saturated carbocycles. The Labute approximate surface area is 147 Å². The summed E-state index contributed by atoms with van der Waals surface area (Å²) in [4.78, 5) is 15.1. The number of benzene rings is 1. The summed E-state index contributed by atoms with van der Waals surface area (Å²) in [5.41, 5.74) is 3.72. The third-order valence-corrected chi connectivity index (χ3v) is 4.44. The molecule has 2 heterocycles. The monoisotopic (exact) mass is 337 g/mol. The van der Waals surface area contributed by atoms with Crippen LogP contribution < -0.4 is 10.3 Å². The number of hydrogen-bond donors (Lipinski definition) is 1. The molecule has 5 nitrogen and oxygen atoms in total. The lowest BCUT2D eigenvalue weighted by Gasteiger charge is -2.26. The van der Waals surface area contributed by atoms with Crippen LogP contribution in [0.5, 0.6) is 5.75 Å². The molecule has 0 saturated heterocycles. The summed E-state index contributed by atoms with van der Waals surface area (Å²) in [7, 11) is 1.62. The first-order chi connectivity index (χ1) is 12.2. The Morgan fingerprint density at radius 2 is 2.24 bits per heavy atom. The molecule has 1 aromatic carbocycles. The highest BCUT2D eigenvalue weighted by atomic mass is 16.5. The maximum Gasteiger partial charge on any atom is 0.275 e. The molecule has 0 atom stereocenters. The van der Waals surface area contributed by atoms with Crippen LogP contribution in [-0.2, 0) is 13.0 Å². The minimum Gasteiger partial charge on any atom is -0.497 e. The van der Waals surface area contributed by atoms with E-state index in [9.17, 15) is 4.79 Å². The average Bonchev–Trinajstić information content (AvgIpc) is 2.98. The highest BCUT2D eigenvalue weighted by molar-refractivity contribution is 5.40. The Morgan fingerprint density at radius 3 is 2.96 bits per heavy atom. The van der Waals surface area contributed by atoms with Crippen LogP contribution in [0.1, 0.15) is 11.3 Å². The van der Waals surface area contributed by atoms with E-state index >= 15 is 0 Å². The van der Waals surface area contributed by atoms with E-state index in [1.165, 1.54) is 0 Å². The van der Waals surface area contributed by atoms with Crippen molar-refractivity contribution in [2.24, 2.45) is 0 Å². The van der Waals surface area contributed by atoms with Gasteiger partial charge in [0.05, 0.1) is 18.4 Å². The summed E-state index contributed by atoms with van der Waals surface area (Å²) in [6, 6.07) is 7.49. The quantitative estimate of drug-likeness (QED) is 0.825. The minimum absolute atomic E-state index is 0.000747. The first-order valence-corrected chi connectivity index (χ1v) is 8.30. The van der Waals surface area contributed by atoms with Crippen molar-refractivity contribution in [3.8, 4) is 11.4 Å². The third kappa shape index (κ3) is 3.51. The van der Waals surface area contributed by atoms with Crippen LogP contribution in [0.25, 0.3) is 5.69 Å². The number of nitrogens with zero attached hydrogens (tertiary/aromatic N) is 2. The molecule has 0 fully saturated rings. The Bertz CT molecular complexity index is 873. The number of ether oxygens (including phenoxy) is 1. The Kier molecular flexibility index (Phi) is 5.05. The van der Waals surface area contributed by atoms with Gasteiger partial charge in [0.2, 0.25) is 0 Å². The van der Waals surface area contributed by atoms with Crippen molar-refractivity contribution in [2.45, 2.75) is 13.0 Å². The normalized spacial score (nSPS) is 14.8. The van der Waals surface area contributed by atoms with Crippen molar-refractivity contribution >= 4 is 0 Å². The van der Waals surface area contributed by atoms with Gasteiger partial charge in [-0.3, -0.25) is 14.8 Å². The van der Waals surface area contributed by atoms with E-state index in [0.717, 1.165) is 47.8 Å². The van der Waals surface area contributed by atoms with E-state index in [1.54, 1.807) is 17.9 Å². The van der Waals surface area contributed by atoms with Gasteiger partial charge in [-0.1, -0.05) is 37.5 Å². The number of nitrogens with one attached hydrogen (secondary N) is 1. The second-order valence-corrected chi connectivity index (χ2v) is 6.05. The van der Waals surface area contributed by atoms with Crippen LogP contribution in [0.15, 0.2) is 66.0 Å². The fraction of sp³-hybridized carbons (Fsp3) is 0.250. The molecule has 0 unspecified atom stereocenters. The molecule has 1 aromatic heterocycles. The van der Waals surface area contributed by atoms with Crippen LogP contribution >= 0.6 is 0 Å². The molecule has 1 aliphatic heterocycles. The van der Waals surface area contributed by atoms with Gasteiger partial charge in [-0.15, -0.1) is 0 Å². The summed E-state index contributed by atoms with van der Waals surface area (Å²) in [5.74, 6) is 0.726. The summed E-state index contributed by atoms with van der Waals surface area (Å²) < 4.78 is 6.86. The Balaban J connectivity index is 1.87. The largest absolute Gasteiger partial charge is 0.497 e. The molecule has 0 aliphatic carbocycles. The smallest absolute Gasteiger partial charge is 0.275 e. The number of aromatic amines is 1. The lowest BCUT2D eigenvalue weighted by atomic mass is 10.1. The van der Waals surface area contributed by atoms with Gasteiger partial charge in [0.15, 0.2) is 0 Å². The predicted octanol–water partition coefficient (Wildman–Crippen LogP) is 2.83. The Hall–Kier alpha value is -2.79. The van der Waals surface area contributed by atoms with Crippen LogP contribution in [0, 0.1) is 0 Å². The van der Waals surface area contributed by atoms with Gasteiger partial charge in [-0.2, -0.15) is 0 Å². The zero-order chi connectivity index (χ0) is 17.8. The van der Waals surface area contributed by atoms with E-state index in [1.807, 2.05) is 36.4 Å². The summed E-state index contributed by atoms with van der Waals surface area (Å²) in [6.45, 7) is 9.86. The van der Waals surface area contributed by atoms with Crippen LogP contribution in [0.2, 0.25) is 0 Å². The number of methoxy groups -OCH3 is 1. The van der Waals surface area contributed by atoms with Crippen molar-refractivity contribution in [3.63, 3.8) is 0 Å². The molecule has 0 amide bonds. The first-order valence-electron chi connectivity index (χ1n) is 8.30. The van der Waals surface area contributed by atoms with E-state index < -0.39 is 0 Å². The number of hydrogen-bond acceptors (Lipinski definition) is 3. The number of aromatic nitrogens is 2. The SMILES string of the molecule is C=C/C=C(\C=C)CN1CCc2[nH]n(-c3cccc(OC)c3)c(=O)c2C1. The second-order valence-electron chi connectivity index (χ2n) is 6.05. The molecule has 1 aliphatic rings. The van der Waals surface area contributed by atoms with Crippen molar-refractivity contribution in [3.05, 3.63) is 82.8 Å². The van der Waals surface area contributed by atoms with Crippen LogP contribution in [0.3, 0.4) is 0 Å². The second kappa shape index (κ2) is 7.40. The standard InChI is InChI=1S/C20H23N3O2/c1-4-7-15(5-2)13-22-11-10-19-18(14-22)20(24)23(21-19)16-8-6-9-17(12-16)25-3/h4-9,12,21H,1-2,10-11,13-14H2,3H3/b15-7+. The lowest BCUT2D eigenvalue weighted by Crippen LogP contribution is -2.34. The first kappa shape index (κ1) is 17.0. The van der Waals surface area contributed by atoms with E-state index in [4.69, 9.17) is 4.74 Å². The fourth-order valence-electron chi connectivity index (χ4n) is 3.12. The summed E-state index contributed by atoms with van der Waals surface area (Å²) in [5, 5.41) is 3.25. The Morgan fingerprint density at radius 1 is 1.40 bits per heavy atom. The van der Waals surface area contributed by atoms with Gasteiger partial charge < -0.3 is 4.74 Å². The van der Waals surface area contributed by atoms with Crippen molar-refractivity contribution < 1.29 is 4.74 Å². The number of rotatable bonds is 6. The number of H-pyrrole nitrogens is 1. The molecule has 25 heavy (non-hydrogen) atoms. The average molecular weight is 337 g/mol. The molecule has 3 rings (SSSR count). The molecule has 130 valence electrons. The van der Waals surface area contributed by atoms with Gasteiger partial charge >= 0.3 is 0 Å². The predicted molar refractivity (Wildman–Crippen MR) is 100 cm³/mol. The zero-order valence-electron chi connectivity index (χ0n) is 14.5. The van der Waals surface area contributed by atoms with Crippen molar-refractivity contribution in [2.75, 3.05) is 20.2 Å². The topological polar surface area (TPSA) is 50.3 Å². The molecule has 0 spiro atoms. The van der Waals surface area contributed by atoms with Crippen molar-refractivity contribution in [1.29, 1.82) is 0 Å². The van der Waals surface area contributed by atoms with Gasteiger partial charge in [0.1, 0.15) is 5.75 Å². The molecule has 0 bridgehead atoms. The zero-order valence-corrected chi connectivity index (χ0v) is 14.5. The van der Waals surface area contributed by atoms with E-state index in [2.05, 4.69) is 23.2 Å². The van der Waals surface area contributed by atoms with Crippen LogP contribution in [0.4, 0.5) is 0 Å². The summed E-state index contributed by atoms with van der Waals surface area (Å²) >= 11 is 0. The van der Waals surface area contributed by atoms with Crippen LogP contribution in [-0.4, -0.2) is 34.9 Å². The third-order valence-electron chi connectivity index (χ3n) is 4.44. The van der Waals surface area contributed by atoms with Gasteiger partial charge in [0, 0.05) is 37.8 Å². The number of allylic oxidation sites excluding steroid dienone is 2. The molecule has 2 aromatic rings. The van der Waals surface area contributed by atoms with E-state index in [0.29, 0.717) is 6.54 Å². The molecular formula is C20H23N3O2. The molecule has 1 N–H and O–H groups in total. The molecular weight excluding hydrogens is 314 g/mol. The van der Waals surface area contributed by atoms with Gasteiger partial charge in [-0.05, 0) is 17.7 Å². The molecule has 0 radical (unpaired) electrons. The van der Waals surface area contributed by atoms with Crippen molar-refractivity contribution in [1.82, 2.24) is 14.7 Å². The van der Waals surface area contributed by atoms with Gasteiger partial charge in [0.25, 0.3) is 5.56 Å². The minimum atomic E-state index is 0.000747. The molecule has 5 heteroatoms. The lowest BCUT2D eigenvalue weighted by molar-refractivity contribution is 0.276. The maximum atomic E-state index is 12.9. The highest BCUT2D eigenvalue weighted by Crippen LogP contribution is 2.19. The summed E-state index contributed by atoms with van der Waals surface area (Å²) in [6.07, 6.45) is 6.37.